The topological polar surface area (TPSA) is 75.7 Å². The van der Waals surface area contributed by atoms with E-state index in [2.05, 4.69) is 27.0 Å². The third-order valence-corrected chi connectivity index (χ3v) is 3.82. The predicted octanol–water partition coefficient (Wildman–Crippen LogP) is -0.602. The van der Waals surface area contributed by atoms with Crippen molar-refractivity contribution in [2.75, 3.05) is 53.4 Å². The van der Waals surface area contributed by atoms with E-state index in [0.29, 0.717) is 18.8 Å². The number of carbonyl (C=O) groups is 1. The number of aromatic nitrogens is 2. The van der Waals surface area contributed by atoms with Crippen LogP contribution in [0, 0.1) is 6.92 Å². The van der Waals surface area contributed by atoms with Crippen molar-refractivity contribution in [3.63, 3.8) is 0 Å². The Morgan fingerprint density at radius 1 is 1.48 bits per heavy atom. The molecule has 7 heteroatoms. The molecule has 0 aromatic carbocycles. The number of aromatic amines is 1. The molecule has 1 aromatic rings. The highest BCUT2D eigenvalue weighted by Gasteiger charge is 2.21. The summed E-state index contributed by atoms with van der Waals surface area (Å²) in [6.07, 6.45) is -0.539. The Labute approximate surface area is 125 Å². The van der Waals surface area contributed by atoms with Gasteiger partial charge in [0, 0.05) is 52.0 Å². The van der Waals surface area contributed by atoms with Crippen LogP contribution in [0.4, 0.5) is 0 Å². The Balaban J connectivity index is 1.79. The zero-order valence-corrected chi connectivity index (χ0v) is 13.0. The van der Waals surface area contributed by atoms with Gasteiger partial charge in [0.05, 0.1) is 6.10 Å². The molecule has 118 valence electrons. The van der Waals surface area contributed by atoms with Gasteiger partial charge < -0.3 is 14.9 Å². The average Bonchev–Trinajstić information content (AvgIpc) is 2.87. The molecule has 1 fully saturated rings. The molecule has 2 N–H and O–H groups in total. The maximum Gasteiger partial charge on any atom is 0.274 e. The molecule has 2 heterocycles. The lowest BCUT2D eigenvalue weighted by Crippen LogP contribution is -2.49. The van der Waals surface area contributed by atoms with Gasteiger partial charge >= 0.3 is 0 Å². The first-order valence-electron chi connectivity index (χ1n) is 7.32. The Kier molecular flexibility index (Phi) is 5.33. The Morgan fingerprint density at radius 3 is 2.71 bits per heavy atom. The van der Waals surface area contributed by atoms with Crippen LogP contribution in [0.2, 0.25) is 0 Å². The summed E-state index contributed by atoms with van der Waals surface area (Å²) in [5.74, 6) is -0.170. The van der Waals surface area contributed by atoms with Crippen molar-refractivity contribution >= 4 is 5.91 Å². The van der Waals surface area contributed by atoms with E-state index in [1.165, 1.54) is 4.90 Å². The van der Waals surface area contributed by atoms with Crippen LogP contribution in [0.3, 0.4) is 0 Å². The first-order chi connectivity index (χ1) is 9.95. The van der Waals surface area contributed by atoms with Crippen molar-refractivity contribution in [2.24, 2.45) is 0 Å². The summed E-state index contributed by atoms with van der Waals surface area (Å²) in [5.41, 5.74) is 1.24. The molecule has 7 nitrogen and oxygen atoms in total. The minimum absolute atomic E-state index is 0.170. The van der Waals surface area contributed by atoms with E-state index in [1.54, 1.807) is 13.1 Å². The van der Waals surface area contributed by atoms with Crippen LogP contribution in [0.1, 0.15) is 16.2 Å². The quantitative estimate of drug-likeness (QED) is 0.758. The minimum Gasteiger partial charge on any atom is -0.390 e. The van der Waals surface area contributed by atoms with Crippen molar-refractivity contribution < 1.29 is 9.90 Å². The Bertz CT molecular complexity index is 468. The Morgan fingerprint density at radius 2 is 2.14 bits per heavy atom. The molecule has 1 unspecified atom stereocenters. The largest absolute Gasteiger partial charge is 0.390 e. The zero-order chi connectivity index (χ0) is 15.4. The minimum atomic E-state index is -0.539. The number of nitrogens with one attached hydrogen (secondary N) is 1. The van der Waals surface area contributed by atoms with Gasteiger partial charge in [0.1, 0.15) is 5.69 Å². The number of H-pyrrole nitrogens is 1. The second-order valence-electron chi connectivity index (χ2n) is 5.88. The normalized spacial score (nSPS) is 18.7. The molecule has 21 heavy (non-hydrogen) atoms. The molecule has 1 aliphatic rings. The molecular weight excluding hydrogens is 270 g/mol. The van der Waals surface area contributed by atoms with Gasteiger partial charge in [0.25, 0.3) is 5.91 Å². The standard InChI is InChI=1S/C14H25N5O2/c1-11-8-13(16-15-11)14(21)18(3)9-12(20)10-19-6-4-17(2)5-7-19/h8,12,20H,4-7,9-10H2,1-3H3,(H,15,16). The molecule has 0 saturated carbocycles. The van der Waals surface area contributed by atoms with Gasteiger partial charge in [-0.3, -0.25) is 14.8 Å². The number of nitrogens with zero attached hydrogens (tertiary/aromatic N) is 4. The summed E-state index contributed by atoms with van der Waals surface area (Å²) in [6.45, 7) is 6.74. The van der Waals surface area contributed by atoms with Crippen molar-refractivity contribution in [3.05, 3.63) is 17.5 Å². The van der Waals surface area contributed by atoms with Gasteiger partial charge in [-0.25, -0.2) is 0 Å². The van der Waals surface area contributed by atoms with E-state index in [-0.39, 0.29) is 5.91 Å². The van der Waals surface area contributed by atoms with E-state index in [4.69, 9.17) is 0 Å². The fourth-order valence-corrected chi connectivity index (χ4v) is 2.51. The highest BCUT2D eigenvalue weighted by atomic mass is 16.3. The fourth-order valence-electron chi connectivity index (χ4n) is 2.51. The van der Waals surface area contributed by atoms with Crippen LogP contribution in [-0.2, 0) is 0 Å². The third kappa shape index (κ3) is 4.52. The van der Waals surface area contributed by atoms with Crippen LogP contribution in [0.5, 0.6) is 0 Å². The molecule has 0 bridgehead atoms. The van der Waals surface area contributed by atoms with E-state index in [9.17, 15) is 9.90 Å². The van der Waals surface area contributed by atoms with Crippen LogP contribution >= 0.6 is 0 Å². The van der Waals surface area contributed by atoms with Gasteiger partial charge in [0.15, 0.2) is 0 Å². The fraction of sp³-hybridized carbons (Fsp3) is 0.714. The molecule has 1 aromatic heterocycles. The number of hydrogen-bond acceptors (Lipinski definition) is 5. The molecule has 0 spiro atoms. The number of amides is 1. The van der Waals surface area contributed by atoms with E-state index < -0.39 is 6.10 Å². The maximum absolute atomic E-state index is 12.1. The monoisotopic (exact) mass is 295 g/mol. The number of aliphatic hydroxyl groups excluding tert-OH is 1. The van der Waals surface area contributed by atoms with Crippen LogP contribution in [0.25, 0.3) is 0 Å². The van der Waals surface area contributed by atoms with E-state index >= 15 is 0 Å². The van der Waals surface area contributed by atoms with Gasteiger partial charge in [-0.15, -0.1) is 0 Å². The predicted molar refractivity (Wildman–Crippen MR) is 80.2 cm³/mol. The molecule has 1 aliphatic heterocycles. The molecule has 1 saturated heterocycles. The summed E-state index contributed by atoms with van der Waals surface area (Å²) in [5, 5.41) is 16.9. The van der Waals surface area contributed by atoms with Crippen LogP contribution in [-0.4, -0.2) is 95.4 Å². The zero-order valence-electron chi connectivity index (χ0n) is 13.0. The molecule has 1 atom stereocenters. The molecular formula is C14H25N5O2. The lowest BCUT2D eigenvalue weighted by atomic mass is 10.2. The molecule has 0 aliphatic carbocycles. The number of likely N-dealkylation sites (N-methyl/N-ethyl adjacent to an activating group) is 2. The van der Waals surface area contributed by atoms with Gasteiger partial charge in [-0.05, 0) is 20.0 Å². The maximum atomic E-state index is 12.1. The molecule has 1 amide bonds. The molecule has 2 rings (SSSR count). The SMILES string of the molecule is Cc1cc(C(=O)N(C)CC(O)CN2CCN(C)CC2)n[nH]1. The number of carbonyl (C=O) groups excluding carboxylic acids is 1. The van der Waals surface area contributed by atoms with Crippen LogP contribution in [0.15, 0.2) is 6.07 Å². The lowest BCUT2D eigenvalue weighted by molar-refractivity contribution is 0.0498. The first-order valence-corrected chi connectivity index (χ1v) is 7.32. The summed E-state index contributed by atoms with van der Waals surface area (Å²) in [7, 11) is 3.80. The van der Waals surface area contributed by atoms with Gasteiger partial charge in [0.2, 0.25) is 0 Å². The number of rotatable bonds is 5. The number of aryl methyl sites for hydroxylation is 1. The second kappa shape index (κ2) is 7.02. The highest BCUT2D eigenvalue weighted by molar-refractivity contribution is 5.92. The van der Waals surface area contributed by atoms with Crippen molar-refractivity contribution in [1.82, 2.24) is 24.9 Å². The highest BCUT2D eigenvalue weighted by Crippen LogP contribution is 2.05. The van der Waals surface area contributed by atoms with Crippen molar-refractivity contribution in [3.8, 4) is 0 Å². The van der Waals surface area contributed by atoms with Crippen LogP contribution < -0.4 is 0 Å². The summed E-state index contributed by atoms with van der Waals surface area (Å²) >= 11 is 0. The van der Waals surface area contributed by atoms with Crippen molar-refractivity contribution in [2.45, 2.75) is 13.0 Å². The lowest BCUT2D eigenvalue weighted by Gasteiger charge is -2.34. The summed E-state index contributed by atoms with van der Waals surface area (Å²) < 4.78 is 0. The summed E-state index contributed by atoms with van der Waals surface area (Å²) in [4.78, 5) is 18.2. The number of aliphatic hydroxyl groups is 1. The summed E-state index contributed by atoms with van der Waals surface area (Å²) in [6, 6.07) is 1.71. The average molecular weight is 295 g/mol. The molecule has 0 radical (unpaired) electrons. The van der Waals surface area contributed by atoms with E-state index in [1.807, 2.05) is 6.92 Å². The Hall–Kier alpha value is -1.44. The van der Waals surface area contributed by atoms with E-state index in [0.717, 1.165) is 31.9 Å². The second-order valence-corrected chi connectivity index (χ2v) is 5.88. The number of hydrogen-bond donors (Lipinski definition) is 2. The first kappa shape index (κ1) is 15.9. The third-order valence-electron chi connectivity index (χ3n) is 3.82. The van der Waals surface area contributed by atoms with Gasteiger partial charge in [-0.2, -0.15) is 5.10 Å². The number of piperazine rings is 1. The van der Waals surface area contributed by atoms with Crippen molar-refractivity contribution in [1.29, 1.82) is 0 Å². The van der Waals surface area contributed by atoms with Gasteiger partial charge in [-0.1, -0.05) is 0 Å². The smallest absolute Gasteiger partial charge is 0.274 e. The number of β-amino-alcohol motifs (C(OH)–C–C–N with tert-alkyl or cyclic N) is 1.